The number of nitrogens with one attached hydrogen (secondary N) is 2. The summed E-state index contributed by atoms with van der Waals surface area (Å²) < 4.78 is 5.61. The van der Waals surface area contributed by atoms with Crippen LogP contribution in [-0.2, 0) is 4.74 Å². The maximum atomic E-state index is 12.9. The molecule has 36 heavy (non-hydrogen) atoms. The highest BCUT2D eigenvalue weighted by molar-refractivity contribution is 5.95. The molecular formula is C28H26N6O2. The van der Waals surface area contributed by atoms with E-state index >= 15 is 0 Å². The lowest BCUT2D eigenvalue weighted by atomic mass is 9.98. The number of piperazine rings is 1. The first-order valence-corrected chi connectivity index (χ1v) is 11.6. The third kappa shape index (κ3) is 5.13. The topological polar surface area (TPSA) is 105 Å². The van der Waals surface area contributed by atoms with Crippen molar-refractivity contribution >= 4 is 23.5 Å². The van der Waals surface area contributed by atoms with Gasteiger partial charge < -0.3 is 25.3 Å². The second kappa shape index (κ2) is 11.1. The average molecular weight is 479 g/mol. The van der Waals surface area contributed by atoms with Gasteiger partial charge in [0.2, 0.25) is 0 Å². The number of nitrogens with zero attached hydrogens (tertiary/aromatic N) is 4. The Bertz CT molecular complexity index is 1330. The van der Waals surface area contributed by atoms with E-state index in [1.54, 1.807) is 30.6 Å². The van der Waals surface area contributed by atoms with Gasteiger partial charge in [0.15, 0.2) is 0 Å². The lowest BCUT2D eigenvalue weighted by molar-refractivity contribution is 0.0746. The highest BCUT2D eigenvalue weighted by Crippen LogP contribution is 2.29. The zero-order valence-corrected chi connectivity index (χ0v) is 20.0. The summed E-state index contributed by atoms with van der Waals surface area (Å²) in [5.74, 6) is 3.99. The quantitative estimate of drug-likeness (QED) is 0.375. The SMILES string of the molecule is C#Cc1cccc(C(=O)N2CCN(c3ccc(C4=CC(OCC)=CN/C4=C(/C#N)C=N)cn3)CC2)c1. The van der Waals surface area contributed by atoms with Crippen LogP contribution in [0.15, 0.2) is 71.9 Å². The van der Waals surface area contributed by atoms with Gasteiger partial charge in [-0.25, -0.2) is 4.98 Å². The summed E-state index contributed by atoms with van der Waals surface area (Å²) in [5, 5.41) is 20.1. The van der Waals surface area contributed by atoms with Gasteiger partial charge in [-0.05, 0) is 43.3 Å². The maximum Gasteiger partial charge on any atom is 0.254 e. The van der Waals surface area contributed by atoms with Gasteiger partial charge in [-0.1, -0.05) is 12.0 Å². The lowest BCUT2D eigenvalue weighted by Gasteiger charge is -2.35. The fourth-order valence-electron chi connectivity index (χ4n) is 4.13. The van der Waals surface area contributed by atoms with Crippen LogP contribution >= 0.6 is 0 Å². The number of amides is 1. The second-order valence-corrected chi connectivity index (χ2v) is 8.14. The number of benzene rings is 1. The number of nitriles is 1. The van der Waals surface area contributed by atoms with Crippen LogP contribution in [0.5, 0.6) is 0 Å². The molecule has 0 aliphatic carbocycles. The third-order valence-electron chi connectivity index (χ3n) is 5.99. The number of carbonyl (C=O) groups is 1. The first-order valence-electron chi connectivity index (χ1n) is 11.6. The number of pyridine rings is 1. The molecule has 8 nitrogen and oxygen atoms in total. The molecule has 2 N–H and O–H groups in total. The van der Waals surface area contributed by atoms with Crippen molar-refractivity contribution in [1.82, 2.24) is 15.2 Å². The molecule has 4 rings (SSSR count). The fraction of sp³-hybridized carbons (Fsp3) is 0.214. The maximum absolute atomic E-state index is 12.9. The molecule has 1 saturated heterocycles. The van der Waals surface area contributed by atoms with Gasteiger partial charge in [0.25, 0.3) is 5.91 Å². The highest BCUT2D eigenvalue weighted by Gasteiger charge is 2.24. The zero-order valence-electron chi connectivity index (χ0n) is 20.0. The molecule has 0 radical (unpaired) electrons. The van der Waals surface area contributed by atoms with Crippen molar-refractivity contribution in [3.8, 4) is 18.4 Å². The molecule has 1 fully saturated rings. The van der Waals surface area contributed by atoms with Gasteiger partial charge in [0.05, 0.1) is 17.9 Å². The number of terminal acetylenes is 1. The standard InChI is InChI=1S/C28H26N6O2/c1-3-20-6-5-7-21(14-20)28(35)34-12-10-33(11-13-34)26-9-8-22(18-31-26)25-15-24(36-4-2)19-32-27(25)23(16-29)17-30/h1,5-9,14-16,18-19,29,32H,4,10-13H2,2H3/b27-23+,29-16?. The molecule has 1 aromatic heterocycles. The zero-order chi connectivity index (χ0) is 25.5. The van der Waals surface area contributed by atoms with E-state index in [0.717, 1.165) is 23.2 Å². The molecule has 0 atom stereocenters. The molecule has 0 unspecified atom stereocenters. The molecule has 0 bridgehead atoms. The highest BCUT2D eigenvalue weighted by atomic mass is 16.5. The Morgan fingerprint density at radius 3 is 2.72 bits per heavy atom. The molecule has 2 aromatic rings. The van der Waals surface area contributed by atoms with E-state index in [1.165, 1.54) is 0 Å². The Kier molecular flexibility index (Phi) is 7.48. The van der Waals surface area contributed by atoms with Gasteiger partial charge in [0, 0.05) is 67.1 Å². The number of hydrogen-bond acceptors (Lipinski definition) is 7. The van der Waals surface area contributed by atoms with Crippen molar-refractivity contribution in [2.24, 2.45) is 0 Å². The van der Waals surface area contributed by atoms with Crippen LogP contribution in [0.25, 0.3) is 5.57 Å². The molecule has 0 saturated carbocycles. The van der Waals surface area contributed by atoms with E-state index in [1.807, 2.05) is 36.1 Å². The molecule has 180 valence electrons. The summed E-state index contributed by atoms with van der Waals surface area (Å²) >= 11 is 0. The largest absolute Gasteiger partial charge is 0.492 e. The minimum Gasteiger partial charge on any atom is -0.492 e. The van der Waals surface area contributed by atoms with E-state index in [0.29, 0.717) is 55.4 Å². The van der Waals surface area contributed by atoms with E-state index < -0.39 is 0 Å². The predicted octanol–water partition coefficient (Wildman–Crippen LogP) is 3.32. The van der Waals surface area contributed by atoms with Crippen LogP contribution in [0.4, 0.5) is 5.82 Å². The van der Waals surface area contributed by atoms with Gasteiger partial charge in [-0.3, -0.25) is 4.79 Å². The van der Waals surface area contributed by atoms with Crippen molar-refractivity contribution in [2.45, 2.75) is 6.92 Å². The third-order valence-corrected chi connectivity index (χ3v) is 5.99. The number of aromatic nitrogens is 1. The molecule has 8 heteroatoms. The van der Waals surface area contributed by atoms with Crippen LogP contribution < -0.4 is 10.2 Å². The average Bonchev–Trinajstić information content (AvgIpc) is 2.94. The fourth-order valence-corrected chi connectivity index (χ4v) is 4.13. The predicted molar refractivity (Wildman–Crippen MR) is 139 cm³/mol. The van der Waals surface area contributed by atoms with Gasteiger partial charge in [-0.2, -0.15) is 5.26 Å². The van der Waals surface area contributed by atoms with Crippen molar-refractivity contribution in [3.05, 3.63) is 88.6 Å². The van der Waals surface area contributed by atoms with E-state index in [-0.39, 0.29) is 11.5 Å². The Hall–Kier alpha value is -4.82. The van der Waals surface area contributed by atoms with Crippen molar-refractivity contribution < 1.29 is 9.53 Å². The number of dihydropyridines is 1. The first-order chi connectivity index (χ1) is 17.6. The summed E-state index contributed by atoms with van der Waals surface area (Å²) in [7, 11) is 0. The van der Waals surface area contributed by atoms with Crippen molar-refractivity contribution in [2.75, 3.05) is 37.7 Å². The Labute approximate surface area is 210 Å². The molecule has 3 heterocycles. The summed E-state index contributed by atoms with van der Waals surface area (Å²) in [4.78, 5) is 21.5. The molecule has 2 aliphatic heterocycles. The lowest BCUT2D eigenvalue weighted by Crippen LogP contribution is -2.49. The number of carbonyl (C=O) groups excluding carboxylic acids is 1. The van der Waals surface area contributed by atoms with Crippen molar-refractivity contribution in [1.29, 1.82) is 10.7 Å². The van der Waals surface area contributed by atoms with Crippen LogP contribution in [0.2, 0.25) is 0 Å². The van der Waals surface area contributed by atoms with Gasteiger partial charge in [0.1, 0.15) is 17.6 Å². The van der Waals surface area contributed by atoms with Gasteiger partial charge in [-0.15, -0.1) is 6.42 Å². The molecule has 1 amide bonds. The summed E-state index contributed by atoms with van der Waals surface area (Å²) in [5.41, 5.74) is 3.56. The Morgan fingerprint density at radius 1 is 1.28 bits per heavy atom. The van der Waals surface area contributed by atoms with E-state index in [4.69, 9.17) is 16.6 Å². The summed E-state index contributed by atoms with van der Waals surface area (Å²) in [6, 6.07) is 13.1. The van der Waals surface area contributed by atoms with Gasteiger partial charge >= 0.3 is 0 Å². The minimum absolute atomic E-state index is 0.0243. The Morgan fingerprint density at radius 2 is 2.08 bits per heavy atom. The summed E-state index contributed by atoms with van der Waals surface area (Å²) in [6.07, 6.45) is 11.8. The van der Waals surface area contributed by atoms with Crippen LogP contribution in [0.1, 0.15) is 28.4 Å². The number of rotatable bonds is 6. The minimum atomic E-state index is -0.0243. The molecule has 2 aliphatic rings. The monoisotopic (exact) mass is 478 g/mol. The normalized spacial score (nSPS) is 16.5. The molecule has 1 aromatic carbocycles. The number of anilines is 1. The summed E-state index contributed by atoms with van der Waals surface area (Å²) in [6.45, 7) is 4.89. The number of hydrogen-bond donors (Lipinski definition) is 2. The first kappa shape index (κ1) is 24.3. The Balaban J connectivity index is 1.48. The van der Waals surface area contributed by atoms with E-state index in [2.05, 4.69) is 27.2 Å². The smallest absolute Gasteiger partial charge is 0.254 e. The van der Waals surface area contributed by atoms with Crippen molar-refractivity contribution in [3.63, 3.8) is 0 Å². The van der Waals surface area contributed by atoms with Crippen LogP contribution in [-0.4, -0.2) is 54.8 Å². The number of ether oxygens (including phenoxy) is 1. The van der Waals surface area contributed by atoms with Crippen LogP contribution in [0.3, 0.4) is 0 Å². The van der Waals surface area contributed by atoms with E-state index in [9.17, 15) is 10.1 Å². The van der Waals surface area contributed by atoms with Crippen LogP contribution in [0, 0.1) is 29.1 Å². The second-order valence-electron chi connectivity index (χ2n) is 8.14. The molecular weight excluding hydrogens is 452 g/mol. The number of allylic oxidation sites excluding steroid dienone is 3. The molecule has 0 spiro atoms.